The number of carboxylic acid groups (broad SMARTS) is 3. The number of hydrogen-bond acceptors (Lipinski definition) is 8. The van der Waals surface area contributed by atoms with E-state index in [2.05, 4.69) is 10.6 Å². The van der Waals surface area contributed by atoms with E-state index in [0.29, 0.717) is 6.42 Å². The summed E-state index contributed by atoms with van der Waals surface area (Å²) in [6.07, 6.45) is -1.79. The quantitative estimate of drug-likeness (QED) is 0.138. The zero-order valence-electron chi connectivity index (χ0n) is 17.6. The smallest absolute Gasteiger partial charge is 0.326 e. The van der Waals surface area contributed by atoms with E-state index in [-0.39, 0.29) is 19.4 Å². The van der Waals surface area contributed by atoms with Crippen LogP contribution in [0.3, 0.4) is 0 Å². The molecule has 0 aromatic carbocycles. The summed E-state index contributed by atoms with van der Waals surface area (Å²) in [5, 5.41) is 31.3. The molecule has 0 radical (unpaired) electrons. The predicted molar refractivity (Wildman–Crippen MR) is 107 cm³/mol. The van der Waals surface area contributed by atoms with Crippen LogP contribution in [0.2, 0.25) is 0 Å². The number of likely N-dealkylation sites (tertiary alicyclic amines) is 1. The van der Waals surface area contributed by atoms with Gasteiger partial charge in [0.05, 0.1) is 18.9 Å². The SMILES string of the molecule is NC(=O)C[C@H](NC(=O)[C@@H](N)CCC(=O)O)C(=O)N[C@@H](CC(=O)O)C(=O)N1CCC[C@H]1C(=O)O. The zero-order valence-corrected chi connectivity index (χ0v) is 17.6. The van der Waals surface area contributed by atoms with Crippen molar-refractivity contribution >= 4 is 41.5 Å². The van der Waals surface area contributed by atoms with Gasteiger partial charge in [-0.2, -0.15) is 0 Å². The van der Waals surface area contributed by atoms with Gasteiger partial charge in [-0.1, -0.05) is 0 Å². The average molecular weight is 473 g/mol. The summed E-state index contributed by atoms with van der Waals surface area (Å²) in [5.41, 5.74) is 10.7. The van der Waals surface area contributed by atoms with Crippen molar-refractivity contribution in [3.8, 4) is 0 Å². The fraction of sp³-hybridized carbons (Fsp3) is 0.611. The number of rotatable bonds is 13. The molecule has 0 bridgehead atoms. The maximum atomic E-state index is 12.8. The molecule has 1 saturated heterocycles. The molecule has 1 aliphatic heterocycles. The van der Waals surface area contributed by atoms with Crippen LogP contribution in [-0.4, -0.2) is 92.5 Å². The molecule has 1 heterocycles. The molecule has 0 aromatic rings. The summed E-state index contributed by atoms with van der Waals surface area (Å²) in [6, 6.07) is -5.83. The van der Waals surface area contributed by atoms with Gasteiger partial charge in [-0.25, -0.2) is 4.79 Å². The second-order valence-corrected chi connectivity index (χ2v) is 7.46. The normalized spacial score (nSPS) is 18.0. The number of carboxylic acids is 3. The highest BCUT2D eigenvalue weighted by Gasteiger charge is 2.39. The lowest BCUT2D eigenvalue weighted by atomic mass is 10.1. The molecule has 4 amide bonds. The lowest BCUT2D eigenvalue weighted by Gasteiger charge is -2.28. The third kappa shape index (κ3) is 8.72. The van der Waals surface area contributed by atoms with Crippen LogP contribution in [0.4, 0.5) is 0 Å². The minimum absolute atomic E-state index is 0.0433. The molecule has 9 N–H and O–H groups in total. The van der Waals surface area contributed by atoms with Crippen LogP contribution in [0, 0.1) is 0 Å². The van der Waals surface area contributed by atoms with Crippen LogP contribution in [-0.2, 0) is 33.6 Å². The average Bonchev–Trinajstić information content (AvgIpc) is 3.19. The maximum absolute atomic E-state index is 12.8. The summed E-state index contributed by atoms with van der Waals surface area (Å²) in [7, 11) is 0. The van der Waals surface area contributed by atoms with Crippen LogP contribution < -0.4 is 22.1 Å². The number of hydrogen-bond donors (Lipinski definition) is 7. The molecule has 184 valence electrons. The molecule has 0 unspecified atom stereocenters. The Hall–Kier alpha value is -3.75. The Labute approximate surface area is 187 Å². The van der Waals surface area contributed by atoms with Gasteiger partial charge in [0.25, 0.3) is 0 Å². The first-order valence-electron chi connectivity index (χ1n) is 9.95. The molecule has 15 nitrogen and oxygen atoms in total. The van der Waals surface area contributed by atoms with Crippen molar-refractivity contribution in [2.24, 2.45) is 11.5 Å². The van der Waals surface area contributed by atoms with Crippen LogP contribution in [0.15, 0.2) is 0 Å². The van der Waals surface area contributed by atoms with Crippen LogP contribution in [0.1, 0.15) is 38.5 Å². The van der Waals surface area contributed by atoms with Gasteiger partial charge in [0.1, 0.15) is 18.1 Å². The number of amides is 4. The first kappa shape index (κ1) is 27.3. The van der Waals surface area contributed by atoms with Gasteiger partial charge in [0.2, 0.25) is 23.6 Å². The second-order valence-electron chi connectivity index (χ2n) is 7.46. The molecule has 33 heavy (non-hydrogen) atoms. The number of nitrogens with zero attached hydrogens (tertiary/aromatic N) is 1. The lowest BCUT2D eigenvalue weighted by molar-refractivity contribution is -0.150. The molecule has 4 atom stereocenters. The highest BCUT2D eigenvalue weighted by molar-refractivity contribution is 5.97. The Kier molecular flexibility index (Phi) is 10.2. The molecule has 15 heteroatoms. The molecule has 1 aliphatic rings. The van der Waals surface area contributed by atoms with Crippen molar-refractivity contribution in [3.63, 3.8) is 0 Å². The highest BCUT2D eigenvalue weighted by atomic mass is 16.4. The Bertz CT molecular complexity index is 816. The molecule has 0 aromatic heterocycles. The zero-order chi connectivity index (χ0) is 25.3. The molecule has 1 rings (SSSR count). The van der Waals surface area contributed by atoms with E-state index in [9.17, 15) is 38.7 Å². The van der Waals surface area contributed by atoms with E-state index in [0.717, 1.165) is 4.90 Å². The van der Waals surface area contributed by atoms with Crippen molar-refractivity contribution in [3.05, 3.63) is 0 Å². The van der Waals surface area contributed by atoms with E-state index < -0.39 is 85.0 Å². The Morgan fingerprint density at radius 1 is 0.909 bits per heavy atom. The van der Waals surface area contributed by atoms with Crippen molar-refractivity contribution in [2.45, 2.75) is 62.7 Å². The Balaban J connectivity index is 2.99. The topological polar surface area (TPSA) is 260 Å². The van der Waals surface area contributed by atoms with Gasteiger partial charge >= 0.3 is 17.9 Å². The Morgan fingerprint density at radius 2 is 1.52 bits per heavy atom. The van der Waals surface area contributed by atoms with Crippen LogP contribution in [0.5, 0.6) is 0 Å². The van der Waals surface area contributed by atoms with E-state index >= 15 is 0 Å². The van der Waals surface area contributed by atoms with Crippen molar-refractivity contribution in [2.75, 3.05) is 6.54 Å². The molecular weight excluding hydrogens is 446 g/mol. The van der Waals surface area contributed by atoms with Gasteiger partial charge in [-0.3, -0.25) is 28.8 Å². The van der Waals surface area contributed by atoms with Crippen molar-refractivity contribution in [1.29, 1.82) is 0 Å². The lowest BCUT2D eigenvalue weighted by Crippen LogP contribution is -2.58. The fourth-order valence-electron chi connectivity index (χ4n) is 3.23. The van der Waals surface area contributed by atoms with E-state index in [4.69, 9.17) is 21.7 Å². The number of aliphatic carboxylic acids is 3. The van der Waals surface area contributed by atoms with Gasteiger partial charge in [-0.15, -0.1) is 0 Å². The standard InChI is InChI=1S/C18H27N5O10/c19-8(3-4-13(25)26)15(29)21-9(6-12(20)24)16(30)22-10(7-14(27)28)17(31)23-5-1-2-11(23)18(32)33/h8-11H,1-7,19H2,(H2,20,24)(H,21,29)(H,22,30)(H,25,26)(H,27,28)(H,32,33)/t8-,9-,10-,11-/m0/s1. The molecule has 0 aliphatic carbocycles. The summed E-state index contributed by atoms with van der Waals surface area (Å²) < 4.78 is 0. The fourth-order valence-corrected chi connectivity index (χ4v) is 3.23. The number of nitrogens with one attached hydrogen (secondary N) is 2. The highest BCUT2D eigenvalue weighted by Crippen LogP contribution is 2.19. The van der Waals surface area contributed by atoms with Gasteiger partial charge in [-0.05, 0) is 19.3 Å². The first-order valence-corrected chi connectivity index (χ1v) is 9.95. The number of nitrogens with two attached hydrogens (primary N) is 2. The molecule has 1 fully saturated rings. The molecule has 0 spiro atoms. The Morgan fingerprint density at radius 3 is 2.03 bits per heavy atom. The summed E-state index contributed by atoms with van der Waals surface area (Å²) in [6.45, 7) is 0.0433. The number of carbonyl (C=O) groups is 7. The van der Waals surface area contributed by atoms with E-state index in [1.807, 2.05) is 0 Å². The van der Waals surface area contributed by atoms with E-state index in [1.165, 1.54) is 0 Å². The van der Waals surface area contributed by atoms with Crippen LogP contribution >= 0.6 is 0 Å². The minimum atomic E-state index is -1.68. The van der Waals surface area contributed by atoms with Crippen molar-refractivity contribution < 1.29 is 48.9 Å². The first-order chi connectivity index (χ1) is 15.3. The summed E-state index contributed by atoms with van der Waals surface area (Å²) in [4.78, 5) is 83.1. The monoisotopic (exact) mass is 473 g/mol. The van der Waals surface area contributed by atoms with Gasteiger partial charge in [0, 0.05) is 13.0 Å². The number of primary amides is 1. The second kappa shape index (κ2) is 12.3. The largest absolute Gasteiger partial charge is 0.481 e. The maximum Gasteiger partial charge on any atom is 0.326 e. The van der Waals surface area contributed by atoms with Gasteiger partial charge < -0.3 is 42.3 Å². The summed E-state index contributed by atoms with van der Waals surface area (Å²) >= 11 is 0. The van der Waals surface area contributed by atoms with Gasteiger partial charge in [0.15, 0.2) is 0 Å². The van der Waals surface area contributed by atoms with Crippen LogP contribution in [0.25, 0.3) is 0 Å². The minimum Gasteiger partial charge on any atom is -0.481 e. The predicted octanol–water partition coefficient (Wildman–Crippen LogP) is -3.43. The molecular formula is C18H27N5O10. The number of carbonyl (C=O) groups excluding carboxylic acids is 4. The third-order valence-electron chi connectivity index (χ3n) is 4.86. The van der Waals surface area contributed by atoms with Crippen molar-refractivity contribution in [1.82, 2.24) is 15.5 Å². The molecule has 0 saturated carbocycles. The van der Waals surface area contributed by atoms with E-state index in [1.54, 1.807) is 0 Å². The summed E-state index contributed by atoms with van der Waals surface area (Å²) in [5.74, 6) is -8.01. The third-order valence-corrected chi connectivity index (χ3v) is 4.86.